The second kappa shape index (κ2) is 9.67. The summed E-state index contributed by atoms with van der Waals surface area (Å²) in [6.07, 6.45) is 4.10. The highest BCUT2D eigenvalue weighted by atomic mass is 32.2. The van der Waals surface area contributed by atoms with Gasteiger partial charge in [-0.1, -0.05) is 54.6 Å². The molecule has 6 nitrogen and oxygen atoms in total. The van der Waals surface area contributed by atoms with Crippen molar-refractivity contribution in [2.75, 3.05) is 11.6 Å². The number of hydrogen-bond acceptors (Lipinski definition) is 3. The minimum absolute atomic E-state index is 0.153. The molecule has 0 saturated heterocycles. The number of fused-ring (bicyclic) bond motifs is 3. The first-order valence-corrected chi connectivity index (χ1v) is 13.4. The zero-order valence-electron chi connectivity index (χ0n) is 20.7. The molecule has 1 atom stereocenters. The van der Waals surface area contributed by atoms with Gasteiger partial charge in [0, 0.05) is 22.3 Å². The van der Waals surface area contributed by atoms with Crippen LogP contribution in [-0.4, -0.2) is 31.5 Å². The van der Waals surface area contributed by atoms with Crippen LogP contribution in [0.15, 0.2) is 108 Å². The molecule has 7 heteroatoms. The minimum Gasteiger partial charge on any atom is -0.308 e. The molecule has 3 heterocycles. The maximum Gasteiger partial charge on any atom is 0.322 e. The largest absolute Gasteiger partial charge is 0.322 e. The molecule has 0 radical (unpaired) electrons. The Labute approximate surface area is 220 Å². The molecule has 0 fully saturated rings. The van der Waals surface area contributed by atoms with Crippen molar-refractivity contribution in [3.8, 4) is 11.5 Å². The predicted molar refractivity (Wildman–Crippen MR) is 149 cm³/mol. The number of carbonyl (C=O) groups is 1. The van der Waals surface area contributed by atoms with Crippen LogP contribution in [0.3, 0.4) is 0 Å². The summed E-state index contributed by atoms with van der Waals surface area (Å²) >= 11 is 1.65. The Balaban J connectivity index is 1.51. The summed E-state index contributed by atoms with van der Waals surface area (Å²) in [5.74, 6) is 0.962. The third-order valence-corrected chi connectivity index (χ3v) is 7.51. The number of hydrogen-bond donors (Lipinski definition) is 1. The average molecular weight is 506 g/mol. The minimum atomic E-state index is -0.282. The molecule has 6 rings (SSSR count). The Morgan fingerprint density at radius 2 is 1.70 bits per heavy atom. The molecule has 1 aliphatic rings. The predicted octanol–water partition coefficient (Wildman–Crippen LogP) is 6.83. The lowest BCUT2D eigenvalue weighted by molar-refractivity contribution is 0.194. The van der Waals surface area contributed by atoms with Crippen LogP contribution in [0, 0.1) is 6.92 Å². The van der Waals surface area contributed by atoms with Crippen LogP contribution >= 0.6 is 11.8 Å². The Bertz CT molecular complexity index is 1560. The average Bonchev–Trinajstić information content (AvgIpc) is 3.50. The number of nitrogens with zero attached hydrogens (tertiary/aromatic N) is 4. The lowest BCUT2D eigenvalue weighted by Gasteiger charge is -2.31. The van der Waals surface area contributed by atoms with Crippen LogP contribution in [0.5, 0.6) is 0 Å². The van der Waals surface area contributed by atoms with Crippen molar-refractivity contribution in [3.63, 3.8) is 0 Å². The third-order valence-electron chi connectivity index (χ3n) is 6.78. The van der Waals surface area contributed by atoms with Crippen molar-refractivity contribution >= 4 is 23.5 Å². The molecule has 0 saturated carbocycles. The molecule has 0 unspecified atom stereocenters. The van der Waals surface area contributed by atoms with Gasteiger partial charge >= 0.3 is 6.03 Å². The SMILES string of the molecule is CSc1cccc(NC(=O)N2Cc3c(C)nn(-c4ccccc4)c3-n3cccc3[C@@H]2c2ccccc2)c1. The molecule has 0 aliphatic carbocycles. The molecule has 2 aromatic heterocycles. The van der Waals surface area contributed by atoms with Gasteiger partial charge in [0.1, 0.15) is 5.82 Å². The van der Waals surface area contributed by atoms with Gasteiger partial charge in [-0.25, -0.2) is 9.48 Å². The van der Waals surface area contributed by atoms with Gasteiger partial charge in [0.25, 0.3) is 0 Å². The van der Waals surface area contributed by atoms with Gasteiger partial charge in [0.05, 0.1) is 29.7 Å². The highest BCUT2D eigenvalue weighted by Gasteiger charge is 2.36. The molecule has 2 amide bonds. The van der Waals surface area contributed by atoms with Crippen LogP contribution in [-0.2, 0) is 6.54 Å². The zero-order valence-corrected chi connectivity index (χ0v) is 21.5. The van der Waals surface area contributed by atoms with Crippen molar-refractivity contribution < 1.29 is 4.79 Å². The summed E-state index contributed by atoms with van der Waals surface area (Å²) in [6, 6.07) is 32.0. The number of benzene rings is 3. The summed E-state index contributed by atoms with van der Waals surface area (Å²) in [5, 5.41) is 8.08. The van der Waals surface area contributed by atoms with Gasteiger partial charge in [0.2, 0.25) is 0 Å². The normalized spacial score (nSPS) is 14.5. The molecule has 5 aromatic rings. The summed E-state index contributed by atoms with van der Waals surface area (Å²) < 4.78 is 4.17. The zero-order chi connectivity index (χ0) is 25.4. The Morgan fingerprint density at radius 1 is 0.946 bits per heavy atom. The number of amides is 2. The molecule has 184 valence electrons. The van der Waals surface area contributed by atoms with Crippen molar-refractivity contribution in [1.29, 1.82) is 0 Å². The van der Waals surface area contributed by atoms with Crippen LogP contribution in [0.1, 0.15) is 28.6 Å². The summed E-state index contributed by atoms with van der Waals surface area (Å²) in [4.78, 5) is 17.0. The van der Waals surface area contributed by atoms with Gasteiger partial charge in [-0.05, 0) is 61.2 Å². The number of aryl methyl sites for hydroxylation is 1. The van der Waals surface area contributed by atoms with Crippen LogP contribution in [0.2, 0.25) is 0 Å². The molecule has 0 spiro atoms. The van der Waals surface area contributed by atoms with E-state index in [1.807, 2.05) is 89.5 Å². The maximum atomic E-state index is 14.0. The van der Waals surface area contributed by atoms with Crippen molar-refractivity contribution in [1.82, 2.24) is 19.2 Å². The van der Waals surface area contributed by atoms with Gasteiger partial charge in [-0.2, -0.15) is 5.10 Å². The fourth-order valence-corrected chi connectivity index (χ4v) is 5.49. The van der Waals surface area contributed by atoms with E-state index in [2.05, 4.69) is 46.4 Å². The van der Waals surface area contributed by atoms with Gasteiger partial charge in [0.15, 0.2) is 0 Å². The van der Waals surface area contributed by atoms with Crippen LogP contribution < -0.4 is 5.32 Å². The summed E-state index contributed by atoms with van der Waals surface area (Å²) in [6.45, 7) is 2.44. The van der Waals surface area contributed by atoms with E-state index in [1.54, 1.807) is 11.8 Å². The molecular weight excluding hydrogens is 478 g/mol. The number of aromatic nitrogens is 3. The maximum absolute atomic E-state index is 14.0. The quantitative estimate of drug-likeness (QED) is 0.272. The smallest absolute Gasteiger partial charge is 0.308 e. The number of rotatable bonds is 4. The van der Waals surface area contributed by atoms with E-state index in [1.165, 1.54) is 0 Å². The number of para-hydroxylation sites is 1. The number of nitrogens with one attached hydrogen (secondary N) is 1. The van der Waals surface area contributed by atoms with Crippen LogP contribution in [0.25, 0.3) is 11.5 Å². The van der Waals surface area contributed by atoms with Crippen molar-refractivity contribution in [3.05, 3.63) is 126 Å². The first-order chi connectivity index (χ1) is 18.1. The van der Waals surface area contributed by atoms with Gasteiger partial charge in [-0.3, -0.25) is 0 Å². The fourth-order valence-electron chi connectivity index (χ4n) is 5.03. The Kier molecular flexibility index (Phi) is 6.06. The summed E-state index contributed by atoms with van der Waals surface area (Å²) in [7, 11) is 0. The molecule has 0 bridgehead atoms. The van der Waals surface area contributed by atoms with E-state index in [9.17, 15) is 4.79 Å². The number of thioether (sulfide) groups is 1. The lowest BCUT2D eigenvalue weighted by Crippen LogP contribution is -2.38. The van der Waals surface area contributed by atoms with Gasteiger partial charge in [-0.15, -0.1) is 11.8 Å². The highest BCUT2D eigenvalue weighted by Crippen LogP contribution is 2.38. The summed E-state index contributed by atoms with van der Waals surface area (Å²) in [5.41, 5.74) is 5.74. The standard InChI is InChI=1S/C30H27N5OS/c1-21-26-20-34(30(36)31-23-13-9-16-25(19-23)37-2)28(22-11-5-3-6-12-22)27-17-10-18-33(27)29(26)35(32-21)24-14-7-4-8-15-24/h3-19,28H,20H2,1-2H3,(H,31,36)/t28-/m0/s1. The first kappa shape index (κ1) is 23.2. The number of carbonyl (C=O) groups excluding carboxylic acids is 1. The molecule has 1 N–H and O–H groups in total. The monoisotopic (exact) mass is 505 g/mol. The Hall–Kier alpha value is -4.23. The highest BCUT2D eigenvalue weighted by molar-refractivity contribution is 7.98. The third kappa shape index (κ3) is 4.21. The Morgan fingerprint density at radius 3 is 2.46 bits per heavy atom. The van der Waals surface area contributed by atoms with Gasteiger partial charge < -0.3 is 14.8 Å². The molecular formula is C30H27N5OS. The second-order valence-electron chi connectivity index (χ2n) is 9.04. The van der Waals surface area contributed by atoms with Crippen molar-refractivity contribution in [2.45, 2.75) is 24.4 Å². The van der Waals surface area contributed by atoms with E-state index < -0.39 is 0 Å². The molecule has 3 aromatic carbocycles. The van der Waals surface area contributed by atoms with E-state index in [0.29, 0.717) is 6.54 Å². The second-order valence-corrected chi connectivity index (χ2v) is 9.92. The number of urea groups is 1. The van der Waals surface area contributed by atoms with E-state index in [-0.39, 0.29) is 12.1 Å². The van der Waals surface area contributed by atoms with E-state index in [0.717, 1.165) is 44.6 Å². The topological polar surface area (TPSA) is 55.1 Å². The fraction of sp³-hybridized carbons (Fsp3) is 0.133. The lowest BCUT2D eigenvalue weighted by atomic mass is 10.0. The van der Waals surface area contributed by atoms with E-state index >= 15 is 0 Å². The van der Waals surface area contributed by atoms with E-state index in [4.69, 9.17) is 5.10 Å². The van der Waals surface area contributed by atoms with Crippen LogP contribution in [0.4, 0.5) is 10.5 Å². The van der Waals surface area contributed by atoms with Crippen molar-refractivity contribution in [2.24, 2.45) is 0 Å². The molecule has 37 heavy (non-hydrogen) atoms. The molecule has 1 aliphatic heterocycles. The number of anilines is 1. The first-order valence-electron chi connectivity index (χ1n) is 12.2.